The van der Waals surface area contributed by atoms with Crippen LogP contribution in [0.15, 0.2) is 36.4 Å². The summed E-state index contributed by atoms with van der Waals surface area (Å²) >= 11 is 0. The van der Waals surface area contributed by atoms with Crippen molar-refractivity contribution in [3.05, 3.63) is 64.4 Å². The number of aryl methyl sites for hydroxylation is 2. The molecule has 0 aliphatic carbocycles. The average Bonchev–Trinajstić information content (AvgIpc) is 3.21. The Morgan fingerprint density at radius 1 is 1.12 bits per heavy atom. The molecule has 0 saturated heterocycles. The molecule has 1 unspecified atom stereocenters. The summed E-state index contributed by atoms with van der Waals surface area (Å²) in [4.78, 5) is 16.2. The standard InChI is InChI=1S/C24H28N2O3.C2H6.CH4/c1-7-9-18-14(2)10-8-11-19(18)16(4)25-24(27)20-12-17-13-21(28-5)23(29-6)15(3)22(17)26-20;1-2;/h7-13,16,26H,1-6H3,(H,25,27);1-2H3;1H4/b9-7-;;. The van der Waals surface area contributed by atoms with E-state index in [2.05, 4.69) is 35.4 Å². The highest BCUT2D eigenvalue weighted by molar-refractivity contribution is 6.00. The molecule has 2 aromatic carbocycles. The van der Waals surface area contributed by atoms with Gasteiger partial charge in [0.15, 0.2) is 11.5 Å². The predicted octanol–water partition coefficient (Wildman–Crippen LogP) is 6.99. The molecule has 0 aliphatic heterocycles. The number of hydrogen-bond acceptors (Lipinski definition) is 3. The van der Waals surface area contributed by atoms with E-state index < -0.39 is 0 Å². The molecule has 0 aliphatic rings. The van der Waals surface area contributed by atoms with Gasteiger partial charge in [-0.05, 0) is 56.5 Å². The molecular formula is C27H38N2O3. The number of fused-ring (bicyclic) bond motifs is 1. The Labute approximate surface area is 192 Å². The third-order valence-corrected chi connectivity index (χ3v) is 5.25. The highest BCUT2D eigenvalue weighted by Crippen LogP contribution is 2.37. The summed E-state index contributed by atoms with van der Waals surface area (Å²) in [7, 11) is 3.22. The summed E-state index contributed by atoms with van der Waals surface area (Å²) in [6.45, 7) is 12.0. The number of carbonyl (C=O) groups excluding carboxylic acids is 1. The molecule has 1 atom stereocenters. The molecule has 5 heteroatoms. The van der Waals surface area contributed by atoms with Crippen molar-refractivity contribution in [2.45, 2.75) is 55.0 Å². The minimum absolute atomic E-state index is 0. The Bertz CT molecular complexity index is 1080. The van der Waals surface area contributed by atoms with Gasteiger partial charge in [0.25, 0.3) is 5.91 Å². The second-order valence-corrected chi connectivity index (χ2v) is 7.16. The van der Waals surface area contributed by atoms with Crippen molar-refractivity contribution < 1.29 is 14.3 Å². The summed E-state index contributed by atoms with van der Waals surface area (Å²) in [6.07, 6.45) is 4.10. The van der Waals surface area contributed by atoms with E-state index in [0.29, 0.717) is 17.2 Å². The fourth-order valence-corrected chi connectivity index (χ4v) is 3.75. The second-order valence-electron chi connectivity index (χ2n) is 7.16. The zero-order valence-electron chi connectivity index (χ0n) is 19.8. The van der Waals surface area contributed by atoms with E-state index >= 15 is 0 Å². The van der Waals surface area contributed by atoms with Gasteiger partial charge < -0.3 is 19.8 Å². The van der Waals surface area contributed by atoms with E-state index in [1.54, 1.807) is 14.2 Å². The van der Waals surface area contributed by atoms with Crippen LogP contribution in [-0.2, 0) is 0 Å². The van der Waals surface area contributed by atoms with Crippen molar-refractivity contribution in [2.75, 3.05) is 14.2 Å². The number of methoxy groups -OCH3 is 2. The number of carbonyl (C=O) groups is 1. The quantitative estimate of drug-likeness (QED) is 0.436. The first-order valence-corrected chi connectivity index (χ1v) is 10.7. The fraction of sp³-hybridized carbons (Fsp3) is 0.370. The highest BCUT2D eigenvalue weighted by atomic mass is 16.5. The first-order valence-electron chi connectivity index (χ1n) is 10.7. The smallest absolute Gasteiger partial charge is 0.268 e. The zero-order chi connectivity index (χ0) is 23.1. The first kappa shape index (κ1) is 26.8. The van der Waals surface area contributed by atoms with E-state index in [9.17, 15) is 4.79 Å². The monoisotopic (exact) mass is 438 g/mol. The van der Waals surface area contributed by atoms with E-state index in [4.69, 9.17) is 9.47 Å². The first-order chi connectivity index (χ1) is 14.9. The molecule has 174 valence electrons. The number of allylic oxidation sites excluding steroid dienone is 1. The largest absolute Gasteiger partial charge is 0.493 e. The number of nitrogens with one attached hydrogen (secondary N) is 2. The molecule has 3 rings (SSSR count). The Morgan fingerprint density at radius 2 is 1.81 bits per heavy atom. The van der Waals surface area contributed by atoms with Crippen LogP contribution >= 0.6 is 0 Å². The molecule has 1 heterocycles. The van der Waals surface area contributed by atoms with Crippen LogP contribution in [0.5, 0.6) is 11.5 Å². The Balaban J connectivity index is 0.00000166. The van der Waals surface area contributed by atoms with Gasteiger partial charge in [-0.2, -0.15) is 0 Å². The SMILES string of the molecule is C.C/C=C\c1c(C)cccc1C(C)NC(=O)c1cc2cc(OC)c(OC)c(C)c2[nH]1.CC. The molecule has 0 fully saturated rings. The van der Waals surface area contributed by atoms with Gasteiger partial charge in [-0.15, -0.1) is 0 Å². The van der Waals surface area contributed by atoms with Gasteiger partial charge in [-0.3, -0.25) is 4.79 Å². The summed E-state index contributed by atoms with van der Waals surface area (Å²) in [5.41, 5.74) is 5.69. The normalized spacial score (nSPS) is 11.4. The van der Waals surface area contributed by atoms with Crippen LogP contribution in [0.3, 0.4) is 0 Å². The molecule has 1 amide bonds. The second kappa shape index (κ2) is 12.0. The number of hydrogen-bond donors (Lipinski definition) is 2. The van der Waals surface area contributed by atoms with Crippen LogP contribution in [0, 0.1) is 13.8 Å². The maximum atomic E-state index is 12.9. The minimum atomic E-state index is -0.154. The Morgan fingerprint density at radius 3 is 2.41 bits per heavy atom. The topological polar surface area (TPSA) is 63.4 Å². The third kappa shape index (κ3) is 5.34. The van der Waals surface area contributed by atoms with Crippen LogP contribution in [0.25, 0.3) is 17.0 Å². The van der Waals surface area contributed by atoms with Crippen molar-refractivity contribution in [1.29, 1.82) is 0 Å². The van der Waals surface area contributed by atoms with Crippen LogP contribution in [0.4, 0.5) is 0 Å². The fourth-order valence-electron chi connectivity index (χ4n) is 3.75. The van der Waals surface area contributed by atoms with Crippen LogP contribution < -0.4 is 14.8 Å². The predicted molar refractivity (Wildman–Crippen MR) is 136 cm³/mol. The Kier molecular flexibility index (Phi) is 10.0. The van der Waals surface area contributed by atoms with E-state index in [0.717, 1.165) is 27.6 Å². The number of aromatic amines is 1. The number of H-pyrrole nitrogens is 1. The molecule has 0 spiro atoms. The van der Waals surface area contributed by atoms with Gasteiger partial charge in [0.1, 0.15) is 5.69 Å². The number of aromatic nitrogens is 1. The van der Waals surface area contributed by atoms with Gasteiger partial charge in [0.05, 0.1) is 25.8 Å². The van der Waals surface area contributed by atoms with Crippen LogP contribution in [-0.4, -0.2) is 25.1 Å². The van der Waals surface area contributed by atoms with Crippen molar-refractivity contribution in [2.24, 2.45) is 0 Å². The molecule has 0 bridgehead atoms. The molecule has 32 heavy (non-hydrogen) atoms. The van der Waals surface area contributed by atoms with Gasteiger partial charge >= 0.3 is 0 Å². The molecule has 0 saturated carbocycles. The molecule has 5 nitrogen and oxygen atoms in total. The van der Waals surface area contributed by atoms with Crippen molar-refractivity contribution in [3.63, 3.8) is 0 Å². The van der Waals surface area contributed by atoms with E-state index in [1.807, 2.05) is 58.9 Å². The number of amides is 1. The lowest BCUT2D eigenvalue weighted by molar-refractivity contribution is 0.0935. The molecule has 1 aromatic heterocycles. The maximum absolute atomic E-state index is 12.9. The highest BCUT2D eigenvalue weighted by Gasteiger charge is 2.19. The summed E-state index contributed by atoms with van der Waals surface area (Å²) in [5, 5.41) is 4.02. The van der Waals surface area contributed by atoms with Gasteiger partial charge in [0.2, 0.25) is 0 Å². The Hall–Kier alpha value is -3.21. The summed E-state index contributed by atoms with van der Waals surface area (Å²) in [5.74, 6) is 1.16. The number of rotatable bonds is 6. The number of ether oxygens (including phenoxy) is 2. The maximum Gasteiger partial charge on any atom is 0.268 e. The molecular weight excluding hydrogens is 400 g/mol. The average molecular weight is 439 g/mol. The number of benzene rings is 2. The molecule has 0 radical (unpaired) electrons. The van der Waals surface area contributed by atoms with Crippen molar-refractivity contribution >= 4 is 22.9 Å². The van der Waals surface area contributed by atoms with Gasteiger partial charge in [-0.25, -0.2) is 0 Å². The lowest BCUT2D eigenvalue weighted by Gasteiger charge is -2.18. The lowest BCUT2D eigenvalue weighted by atomic mass is 9.96. The van der Waals surface area contributed by atoms with Gasteiger partial charge in [-0.1, -0.05) is 51.6 Å². The van der Waals surface area contributed by atoms with Crippen molar-refractivity contribution in [1.82, 2.24) is 10.3 Å². The lowest BCUT2D eigenvalue weighted by Crippen LogP contribution is -2.27. The summed E-state index contributed by atoms with van der Waals surface area (Å²) in [6, 6.07) is 9.74. The molecule has 3 aromatic rings. The van der Waals surface area contributed by atoms with Gasteiger partial charge in [0, 0.05) is 10.9 Å². The van der Waals surface area contributed by atoms with Crippen LogP contribution in [0.1, 0.15) is 73.9 Å². The van der Waals surface area contributed by atoms with E-state index in [-0.39, 0.29) is 19.4 Å². The minimum Gasteiger partial charge on any atom is -0.493 e. The zero-order valence-corrected chi connectivity index (χ0v) is 19.8. The summed E-state index contributed by atoms with van der Waals surface area (Å²) < 4.78 is 10.9. The van der Waals surface area contributed by atoms with Crippen LogP contribution in [0.2, 0.25) is 0 Å². The third-order valence-electron chi connectivity index (χ3n) is 5.25. The van der Waals surface area contributed by atoms with Crippen molar-refractivity contribution in [3.8, 4) is 11.5 Å². The van der Waals surface area contributed by atoms with E-state index in [1.165, 1.54) is 5.56 Å². The molecule has 2 N–H and O–H groups in total.